The van der Waals surface area contributed by atoms with Crippen LogP contribution in [0.4, 0.5) is 0 Å². The number of aryl methyl sites for hydroxylation is 1. The smallest absolute Gasteiger partial charge is 0.255 e. The highest BCUT2D eigenvalue weighted by molar-refractivity contribution is 5.96. The Kier molecular flexibility index (Phi) is 3.57. The lowest BCUT2D eigenvalue weighted by Crippen LogP contribution is -2.22. The largest absolute Gasteiger partial charge is 0.507 e. The molecule has 0 aliphatic heterocycles. The Hall–Kier alpha value is -2.36. The highest BCUT2D eigenvalue weighted by atomic mass is 16.3. The predicted octanol–water partition coefficient (Wildman–Crippen LogP) is 2.03. The van der Waals surface area contributed by atoms with Crippen LogP contribution in [0.2, 0.25) is 0 Å². The van der Waals surface area contributed by atoms with Crippen LogP contribution < -0.4 is 5.32 Å². The van der Waals surface area contributed by atoms with Crippen molar-refractivity contribution in [2.24, 2.45) is 0 Å². The van der Waals surface area contributed by atoms with Crippen molar-refractivity contribution < 1.29 is 9.90 Å². The van der Waals surface area contributed by atoms with E-state index in [9.17, 15) is 9.90 Å². The Balaban J connectivity index is 2.04. The van der Waals surface area contributed by atoms with Crippen molar-refractivity contribution >= 4 is 5.91 Å². The van der Waals surface area contributed by atoms with Crippen LogP contribution in [0.25, 0.3) is 0 Å². The molecule has 0 saturated carbocycles. The van der Waals surface area contributed by atoms with Crippen molar-refractivity contribution in [2.45, 2.75) is 13.5 Å². The fourth-order valence-electron chi connectivity index (χ4n) is 1.61. The molecule has 0 atom stereocenters. The molecule has 1 amide bonds. The molecule has 0 radical (unpaired) electrons. The summed E-state index contributed by atoms with van der Waals surface area (Å²) in [6.07, 6.45) is 3.37. The van der Waals surface area contributed by atoms with Crippen LogP contribution in [0.1, 0.15) is 21.5 Å². The molecule has 0 spiro atoms. The van der Waals surface area contributed by atoms with E-state index in [1.807, 2.05) is 19.1 Å². The summed E-state index contributed by atoms with van der Waals surface area (Å²) in [4.78, 5) is 15.8. The second-order valence-corrected chi connectivity index (χ2v) is 4.06. The zero-order valence-electron chi connectivity index (χ0n) is 10.1. The molecule has 2 aromatic rings. The number of phenols is 1. The van der Waals surface area contributed by atoms with Gasteiger partial charge in [-0.15, -0.1) is 0 Å². The maximum Gasteiger partial charge on any atom is 0.255 e. The van der Waals surface area contributed by atoms with Gasteiger partial charge in [-0.3, -0.25) is 9.78 Å². The van der Waals surface area contributed by atoms with Crippen molar-refractivity contribution in [3.05, 3.63) is 59.4 Å². The van der Waals surface area contributed by atoms with Crippen molar-refractivity contribution in [3.8, 4) is 5.75 Å². The van der Waals surface area contributed by atoms with E-state index in [0.717, 1.165) is 11.1 Å². The van der Waals surface area contributed by atoms with Gasteiger partial charge >= 0.3 is 0 Å². The molecule has 92 valence electrons. The van der Waals surface area contributed by atoms with Gasteiger partial charge in [0, 0.05) is 18.9 Å². The van der Waals surface area contributed by atoms with Crippen molar-refractivity contribution in [2.75, 3.05) is 0 Å². The monoisotopic (exact) mass is 242 g/mol. The number of rotatable bonds is 3. The fraction of sp³-hybridized carbons (Fsp3) is 0.143. The molecule has 2 rings (SSSR count). The summed E-state index contributed by atoms with van der Waals surface area (Å²) in [5.41, 5.74) is 2.11. The number of phenolic OH excluding ortho intramolecular Hbond substituents is 1. The minimum atomic E-state index is -0.295. The topological polar surface area (TPSA) is 62.2 Å². The maximum absolute atomic E-state index is 11.9. The second-order valence-electron chi connectivity index (χ2n) is 4.06. The number of hydrogen-bond acceptors (Lipinski definition) is 3. The minimum absolute atomic E-state index is 0.00122. The molecular weight excluding hydrogens is 228 g/mol. The summed E-state index contributed by atoms with van der Waals surface area (Å²) in [6, 6.07) is 8.66. The Morgan fingerprint density at radius 2 is 2.22 bits per heavy atom. The molecule has 1 aromatic heterocycles. The molecule has 1 heterocycles. The van der Waals surface area contributed by atoms with Gasteiger partial charge in [-0.1, -0.05) is 12.1 Å². The molecule has 0 bridgehead atoms. The Morgan fingerprint density at radius 1 is 1.39 bits per heavy atom. The molecule has 0 unspecified atom stereocenters. The van der Waals surface area contributed by atoms with Gasteiger partial charge in [0.25, 0.3) is 5.91 Å². The molecule has 4 heteroatoms. The number of aromatic hydroxyl groups is 1. The van der Waals surface area contributed by atoms with Gasteiger partial charge in [-0.25, -0.2) is 0 Å². The summed E-state index contributed by atoms with van der Waals surface area (Å²) in [7, 11) is 0. The fourth-order valence-corrected chi connectivity index (χ4v) is 1.61. The van der Waals surface area contributed by atoms with Crippen LogP contribution in [0.3, 0.4) is 0 Å². The van der Waals surface area contributed by atoms with E-state index in [0.29, 0.717) is 6.54 Å². The van der Waals surface area contributed by atoms with Gasteiger partial charge in [-0.05, 0) is 36.2 Å². The number of carbonyl (C=O) groups is 1. The van der Waals surface area contributed by atoms with E-state index in [-0.39, 0.29) is 17.2 Å². The minimum Gasteiger partial charge on any atom is -0.507 e. The van der Waals surface area contributed by atoms with Crippen LogP contribution in [-0.2, 0) is 6.54 Å². The first-order valence-electron chi connectivity index (χ1n) is 5.63. The van der Waals surface area contributed by atoms with Crippen molar-refractivity contribution in [1.29, 1.82) is 0 Å². The molecule has 0 saturated heterocycles. The van der Waals surface area contributed by atoms with Gasteiger partial charge < -0.3 is 10.4 Å². The number of benzene rings is 1. The average molecular weight is 242 g/mol. The quantitative estimate of drug-likeness (QED) is 0.865. The molecule has 0 aliphatic carbocycles. The first-order chi connectivity index (χ1) is 8.66. The zero-order valence-corrected chi connectivity index (χ0v) is 10.1. The lowest BCUT2D eigenvalue weighted by molar-refractivity contribution is 0.0948. The third-order valence-corrected chi connectivity index (χ3v) is 2.57. The van der Waals surface area contributed by atoms with E-state index in [4.69, 9.17) is 0 Å². The van der Waals surface area contributed by atoms with Gasteiger partial charge in [0.2, 0.25) is 0 Å². The Bertz CT molecular complexity index is 553. The lowest BCUT2D eigenvalue weighted by Gasteiger charge is -2.07. The number of nitrogens with zero attached hydrogens (tertiary/aromatic N) is 1. The van der Waals surface area contributed by atoms with E-state index in [1.165, 1.54) is 0 Å². The summed E-state index contributed by atoms with van der Waals surface area (Å²) in [5, 5.41) is 12.4. The van der Waals surface area contributed by atoms with Crippen LogP contribution in [0.15, 0.2) is 42.7 Å². The SMILES string of the molecule is Cc1ccc(C(=O)NCc2cccnc2)c(O)c1. The Morgan fingerprint density at radius 3 is 2.89 bits per heavy atom. The van der Waals surface area contributed by atoms with Crippen LogP contribution in [0.5, 0.6) is 5.75 Å². The number of carbonyl (C=O) groups excluding carboxylic acids is 1. The predicted molar refractivity (Wildman–Crippen MR) is 68.3 cm³/mol. The number of aromatic nitrogens is 1. The summed E-state index contributed by atoms with van der Waals surface area (Å²) >= 11 is 0. The maximum atomic E-state index is 11.9. The van der Waals surface area contributed by atoms with Crippen LogP contribution in [0, 0.1) is 6.92 Å². The van der Waals surface area contributed by atoms with Crippen LogP contribution >= 0.6 is 0 Å². The zero-order chi connectivity index (χ0) is 13.0. The molecule has 1 aromatic carbocycles. The van der Waals surface area contributed by atoms with Crippen molar-refractivity contribution in [3.63, 3.8) is 0 Å². The number of hydrogen-bond donors (Lipinski definition) is 2. The van der Waals surface area contributed by atoms with Gasteiger partial charge in [0.15, 0.2) is 0 Å². The standard InChI is InChI=1S/C14H14N2O2/c1-10-4-5-12(13(17)7-10)14(18)16-9-11-3-2-6-15-8-11/h2-8,17H,9H2,1H3,(H,16,18). The first kappa shape index (κ1) is 12.1. The van der Waals surface area contributed by atoms with Crippen LogP contribution in [-0.4, -0.2) is 16.0 Å². The van der Waals surface area contributed by atoms with E-state index in [1.54, 1.807) is 30.6 Å². The molecule has 0 aliphatic rings. The van der Waals surface area contributed by atoms with E-state index in [2.05, 4.69) is 10.3 Å². The second kappa shape index (κ2) is 5.31. The highest BCUT2D eigenvalue weighted by Gasteiger charge is 2.10. The van der Waals surface area contributed by atoms with Gasteiger partial charge in [0.05, 0.1) is 5.56 Å². The van der Waals surface area contributed by atoms with Gasteiger partial charge in [0.1, 0.15) is 5.75 Å². The summed E-state index contributed by atoms with van der Waals surface area (Å²) in [5.74, 6) is -0.296. The molecule has 2 N–H and O–H groups in total. The highest BCUT2D eigenvalue weighted by Crippen LogP contribution is 2.18. The summed E-state index contributed by atoms with van der Waals surface area (Å²) < 4.78 is 0. The van der Waals surface area contributed by atoms with Gasteiger partial charge in [-0.2, -0.15) is 0 Å². The van der Waals surface area contributed by atoms with E-state index >= 15 is 0 Å². The molecule has 4 nitrogen and oxygen atoms in total. The summed E-state index contributed by atoms with van der Waals surface area (Å²) in [6.45, 7) is 2.25. The number of pyridine rings is 1. The molecular formula is C14H14N2O2. The number of nitrogens with one attached hydrogen (secondary N) is 1. The number of amides is 1. The molecule has 0 fully saturated rings. The average Bonchev–Trinajstić information content (AvgIpc) is 2.37. The molecule has 18 heavy (non-hydrogen) atoms. The third-order valence-electron chi connectivity index (χ3n) is 2.57. The first-order valence-corrected chi connectivity index (χ1v) is 5.63. The third kappa shape index (κ3) is 2.85. The van der Waals surface area contributed by atoms with Crippen molar-refractivity contribution in [1.82, 2.24) is 10.3 Å². The van der Waals surface area contributed by atoms with E-state index < -0.39 is 0 Å². The lowest BCUT2D eigenvalue weighted by atomic mass is 10.1. The normalized spacial score (nSPS) is 10.1. The Labute approximate surface area is 105 Å².